The third-order valence-corrected chi connectivity index (χ3v) is 4.30. The predicted molar refractivity (Wildman–Crippen MR) is 88.7 cm³/mol. The number of rotatable bonds is 1. The highest BCUT2D eigenvalue weighted by atomic mass is 19.4. The lowest BCUT2D eigenvalue weighted by atomic mass is 9.97. The largest absolute Gasteiger partial charge is 0.416 e. The summed E-state index contributed by atoms with van der Waals surface area (Å²) in [7, 11) is 0. The molecule has 0 atom stereocenters. The van der Waals surface area contributed by atoms with Gasteiger partial charge in [0, 0.05) is 33.7 Å². The lowest BCUT2D eigenvalue weighted by Gasteiger charge is -2.09. The van der Waals surface area contributed by atoms with E-state index in [1.807, 2.05) is 0 Å². The van der Waals surface area contributed by atoms with Crippen LogP contribution in [0.15, 0.2) is 48.7 Å². The molecule has 0 saturated carbocycles. The van der Waals surface area contributed by atoms with Crippen LogP contribution in [-0.2, 0) is 6.18 Å². The maximum absolute atomic E-state index is 14.0. The Kier molecular flexibility index (Phi) is 3.32. The minimum Gasteiger partial charge on any atom is -0.358 e. The van der Waals surface area contributed by atoms with E-state index in [-0.39, 0.29) is 5.52 Å². The molecule has 2 nitrogen and oxygen atoms in total. The van der Waals surface area contributed by atoms with Gasteiger partial charge in [0.2, 0.25) is 0 Å². The summed E-state index contributed by atoms with van der Waals surface area (Å²) in [4.78, 5) is 7.15. The molecule has 4 rings (SSSR count). The topological polar surface area (TPSA) is 28.7 Å². The second kappa shape index (κ2) is 5.31. The number of pyridine rings is 1. The van der Waals surface area contributed by atoms with Crippen LogP contribution in [0.3, 0.4) is 0 Å². The number of nitrogens with one attached hydrogen (secondary N) is 1. The lowest BCUT2D eigenvalue weighted by Crippen LogP contribution is -2.04. The minimum atomic E-state index is -4.43. The Labute approximate surface area is 140 Å². The molecule has 0 spiro atoms. The van der Waals surface area contributed by atoms with Crippen molar-refractivity contribution in [3.63, 3.8) is 0 Å². The average Bonchev–Trinajstić information content (AvgIpc) is 2.89. The zero-order chi connectivity index (χ0) is 17.8. The highest BCUT2D eigenvalue weighted by Gasteiger charge is 2.31. The van der Waals surface area contributed by atoms with Gasteiger partial charge in [-0.2, -0.15) is 13.2 Å². The summed E-state index contributed by atoms with van der Waals surface area (Å²) in [5.41, 5.74) is 2.06. The van der Waals surface area contributed by atoms with E-state index in [4.69, 9.17) is 0 Å². The van der Waals surface area contributed by atoms with Crippen LogP contribution in [-0.4, -0.2) is 9.97 Å². The normalized spacial score (nSPS) is 12.2. The number of halogens is 4. The van der Waals surface area contributed by atoms with Crippen LogP contribution < -0.4 is 0 Å². The van der Waals surface area contributed by atoms with E-state index in [1.54, 1.807) is 25.1 Å². The van der Waals surface area contributed by atoms with Gasteiger partial charge in [-0.3, -0.25) is 4.98 Å². The predicted octanol–water partition coefficient (Wildman–Crippen LogP) is 5.85. The molecule has 126 valence electrons. The van der Waals surface area contributed by atoms with Crippen LogP contribution in [0.2, 0.25) is 0 Å². The number of aromatic nitrogens is 2. The van der Waals surface area contributed by atoms with Gasteiger partial charge < -0.3 is 4.98 Å². The van der Waals surface area contributed by atoms with Gasteiger partial charge in [0.05, 0.1) is 5.56 Å². The van der Waals surface area contributed by atoms with Gasteiger partial charge in [-0.25, -0.2) is 4.39 Å². The number of alkyl halides is 3. The molecule has 0 aliphatic heterocycles. The molecule has 0 amide bonds. The van der Waals surface area contributed by atoms with Gasteiger partial charge in [-0.15, -0.1) is 0 Å². The third-order valence-electron chi connectivity index (χ3n) is 4.30. The molecule has 0 radical (unpaired) electrons. The van der Waals surface area contributed by atoms with Gasteiger partial charge in [0.25, 0.3) is 0 Å². The Hall–Kier alpha value is -2.89. The van der Waals surface area contributed by atoms with E-state index in [2.05, 4.69) is 9.97 Å². The van der Waals surface area contributed by atoms with Crippen LogP contribution in [0.5, 0.6) is 0 Å². The molecule has 2 aromatic carbocycles. The second-order valence-corrected chi connectivity index (χ2v) is 5.88. The SMILES string of the molecule is Cc1[nH]c2ccc(C(F)(F)F)cc2c1-c1ccnc2c(F)cccc12. The first-order chi connectivity index (χ1) is 11.9. The summed E-state index contributed by atoms with van der Waals surface area (Å²) < 4.78 is 53.3. The Morgan fingerprint density at radius 2 is 1.80 bits per heavy atom. The minimum absolute atomic E-state index is 0.195. The maximum atomic E-state index is 14.0. The molecular weight excluding hydrogens is 332 g/mol. The molecule has 2 heterocycles. The molecule has 25 heavy (non-hydrogen) atoms. The van der Waals surface area contributed by atoms with Crippen molar-refractivity contribution in [2.24, 2.45) is 0 Å². The van der Waals surface area contributed by atoms with Gasteiger partial charge in [-0.05, 0) is 42.8 Å². The van der Waals surface area contributed by atoms with Gasteiger partial charge in [-0.1, -0.05) is 12.1 Å². The molecule has 1 N–H and O–H groups in total. The summed E-state index contributed by atoms with van der Waals surface area (Å²) >= 11 is 0. The fourth-order valence-corrected chi connectivity index (χ4v) is 3.21. The molecule has 0 aliphatic carbocycles. The van der Waals surface area contributed by atoms with E-state index in [0.29, 0.717) is 33.1 Å². The van der Waals surface area contributed by atoms with E-state index < -0.39 is 17.6 Å². The molecule has 4 aromatic rings. The number of H-pyrrole nitrogens is 1. The fourth-order valence-electron chi connectivity index (χ4n) is 3.21. The summed E-state index contributed by atoms with van der Waals surface area (Å²) in [6, 6.07) is 9.87. The van der Waals surface area contributed by atoms with Gasteiger partial charge >= 0.3 is 6.18 Å². The number of hydrogen-bond donors (Lipinski definition) is 1. The quantitative estimate of drug-likeness (QED) is 0.431. The van der Waals surface area contributed by atoms with Crippen LogP contribution in [0, 0.1) is 12.7 Å². The van der Waals surface area contributed by atoms with Crippen molar-refractivity contribution in [2.45, 2.75) is 13.1 Å². The van der Waals surface area contributed by atoms with Gasteiger partial charge in [0.1, 0.15) is 11.3 Å². The van der Waals surface area contributed by atoms with Crippen molar-refractivity contribution in [1.82, 2.24) is 9.97 Å². The van der Waals surface area contributed by atoms with Crippen LogP contribution in [0.25, 0.3) is 32.9 Å². The summed E-state index contributed by atoms with van der Waals surface area (Å²) in [5.74, 6) is -0.465. The zero-order valence-corrected chi connectivity index (χ0v) is 13.1. The highest BCUT2D eigenvalue weighted by Crippen LogP contribution is 2.39. The number of benzene rings is 2. The standard InChI is InChI=1S/C19H12F4N2/c1-10-17(12-7-8-24-18-13(12)3-2-4-15(18)20)14-9-11(19(21,22)23)5-6-16(14)25-10/h2-9,25H,1H3. The van der Waals surface area contributed by atoms with Gasteiger partial charge in [0.15, 0.2) is 0 Å². The fraction of sp³-hybridized carbons (Fsp3) is 0.105. The molecule has 0 unspecified atom stereocenters. The van der Waals surface area contributed by atoms with Crippen LogP contribution in [0.1, 0.15) is 11.3 Å². The smallest absolute Gasteiger partial charge is 0.358 e. The third kappa shape index (κ3) is 2.45. The lowest BCUT2D eigenvalue weighted by molar-refractivity contribution is -0.137. The monoisotopic (exact) mass is 344 g/mol. The molecule has 0 aliphatic rings. The summed E-state index contributed by atoms with van der Waals surface area (Å²) in [6.07, 6.45) is -2.96. The number of aryl methyl sites for hydroxylation is 1. The Balaban J connectivity index is 2.08. The molecule has 0 fully saturated rings. The number of para-hydroxylation sites is 1. The van der Waals surface area contributed by atoms with Crippen molar-refractivity contribution in [2.75, 3.05) is 0 Å². The van der Waals surface area contributed by atoms with Crippen molar-refractivity contribution in [1.29, 1.82) is 0 Å². The first-order valence-corrected chi connectivity index (χ1v) is 7.59. The van der Waals surface area contributed by atoms with Crippen molar-refractivity contribution in [3.05, 3.63) is 65.7 Å². The van der Waals surface area contributed by atoms with Crippen molar-refractivity contribution < 1.29 is 17.6 Å². The van der Waals surface area contributed by atoms with Crippen molar-refractivity contribution in [3.8, 4) is 11.1 Å². The molecule has 2 aromatic heterocycles. The number of fused-ring (bicyclic) bond motifs is 2. The first-order valence-electron chi connectivity index (χ1n) is 7.59. The molecule has 0 saturated heterocycles. The summed E-state index contributed by atoms with van der Waals surface area (Å²) in [6.45, 7) is 1.79. The first kappa shape index (κ1) is 15.6. The Morgan fingerprint density at radius 1 is 1.00 bits per heavy atom. The van der Waals surface area contributed by atoms with Crippen LogP contribution in [0.4, 0.5) is 17.6 Å². The van der Waals surface area contributed by atoms with Crippen molar-refractivity contribution >= 4 is 21.8 Å². The summed E-state index contributed by atoms with van der Waals surface area (Å²) in [5, 5.41) is 1.01. The second-order valence-electron chi connectivity index (χ2n) is 5.88. The Bertz CT molecular complexity index is 1110. The highest BCUT2D eigenvalue weighted by molar-refractivity contribution is 6.05. The maximum Gasteiger partial charge on any atom is 0.416 e. The zero-order valence-electron chi connectivity index (χ0n) is 13.1. The number of hydrogen-bond acceptors (Lipinski definition) is 1. The number of nitrogens with zero attached hydrogens (tertiary/aromatic N) is 1. The molecule has 6 heteroatoms. The van der Waals surface area contributed by atoms with E-state index in [1.165, 1.54) is 18.3 Å². The molecular formula is C19H12F4N2. The Morgan fingerprint density at radius 3 is 2.56 bits per heavy atom. The molecule has 0 bridgehead atoms. The van der Waals surface area contributed by atoms with Crippen LogP contribution >= 0.6 is 0 Å². The van der Waals surface area contributed by atoms with E-state index in [9.17, 15) is 17.6 Å². The number of aromatic amines is 1. The van der Waals surface area contributed by atoms with E-state index in [0.717, 1.165) is 12.1 Å². The average molecular weight is 344 g/mol. The van der Waals surface area contributed by atoms with E-state index >= 15 is 0 Å².